The zero-order chi connectivity index (χ0) is 29.5. The van der Waals surface area contributed by atoms with Gasteiger partial charge in [-0.05, 0) is 37.2 Å². The van der Waals surface area contributed by atoms with Crippen LogP contribution in [0.5, 0.6) is 0 Å². The van der Waals surface area contributed by atoms with Gasteiger partial charge in [-0.3, -0.25) is 4.79 Å². The highest BCUT2D eigenvalue weighted by Gasteiger charge is 2.85. The molecule has 2 saturated carbocycles. The Morgan fingerprint density at radius 1 is 1.23 bits per heavy atom. The summed E-state index contributed by atoms with van der Waals surface area (Å²) in [6.45, 7) is 6.22. The van der Waals surface area contributed by atoms with Crippen LogP contribution in [0.15, 0.2) is 23.0 Å². The molecule has 5 aliphatic rings. The van der Waals surface area contributed by atoms with Crippen molar-refractivity contribution >= 4 is 23.7 Å². The topological polar surface area (TPSA) is 186 Å². The number of carbonyl (C=O) groups excluding carboxylic acids is 4. The molecule has 2 heterocycles. The normalized spacial score (nSPS) is 44.8. The fourth-order valence-corrected chi connectivity index (χ4v) is 8.49. The number of esters is 3. The molecule has 3 aliphatic carbocycles. The van der Waals surface area contributed by atoms with E-state index in [0.717, 1.165) is 13.2 Å². The van der Waals surface area contributed by atoms with Gasteiger partial charge in [-0.1, -0.05) is 19.4 Å². The molecular weight excluding hydrogens is 528 g/mol. The first-order valence-corrected chi connectivity index (χ1v) is 13.4. The number of methoxy groups -OCH3 is 1. The Labute approximate surface area is 230 Å². The predicted octanol–water partition coefficient (Wildman–Crippen LogP) is 0.126. The largest absolute Gasteiger partial charge is 0.504 e. The molecule has 12 heteroatoms. The molecule has 0 amide bonds. The standard InChI is InChI=1S/C28H36O12/c1-11(12(2)9-29)6-17(31)40-20-22-27-10-38-28(22,25(36)37-5)23(34)19(33)21(27)26(4)8-15(30)18(32)13(3)14(26)7-16(27)39-24(20)35/h6,12,14,16,19-23,29,32-34H,7-10H2,1-5H3/b11-6+/t12?,14-,16+,19+,20+,21+,22+,23-,26-,27+,28?/m0/s1. The summed E-state index contributed by atoms with van der Waals surface area (Å²) in [7, 11) is 1.08. The van der Waals surface area contributed by atoms with Crippen LogP contribution in [0.4, 0.5) is 0 Å². The number of hydrogen-bond acceptors (Lipinski definition) is 12. The van der Waals surface area contributed by atoms with Gasteiger partial charge in [0.2, 0.25) is 11.7 Å². The van der Waals surface area contributed by atoms with Crippen molar-refractivity contribution in [1.29, 1.82) is 0 Å². The number of hydrogen-bond donors (Lipinski definition) is 4. The molecule has 2 bridgehead atoms. The van der Waals surface area contributed by atoms with Crippen LogP contribution < -0.4 is 0 Å². The average Bonchev–Trinajstić information content (AvgIpc) is 3.21. The van der Waals surface area contributed by atoms with Gasteiger partial charge in [0.1, 0.15) is 12.2 Å². The van der Waals surface area contributed by atoms with Crippen molar-refractivity contribution in [3.05, 3.63) is 23.0 Å². The zero-order valence-corrected chi connectivity index (χ0v) is 23.1. The molecule has 0 radical (unpaired) electrons. The summed E-state index contributed by atoms with van der Waals surface area (Å²) in [5.74, 6) is -6.97. The second-order valence-electron chi connectivity index (χ2n) is 12.3. The number of fused-ring (bicyclic) bond motifs is 2. The van der Waals surface area contributed by atoms with E-state index in [1.807, 2.05) is 0 Å². The lowest BCUT2D eigenvalue weighted by Crippen LogP contribution is -2.79. The van der Waals surface area contributed by atoms with E-state index in [9.17, 15) is 39.6 Å². The lowest BCUT2D eigenvalue weighted by Gasteiger charge is -2.67. The van der Waals surface area contributed by atoms with Crippen molar-refractivity contribution in [2.75, 3.05) is 20.3 Å². The lowest BCUT2D eigenvalue weighted by molar-refractivity contribution is -0.290. The maximum atomic E-state index is 13.5. The Morgan fingerprint density at radius 2 is 1.90 bits per heavy atom. The van der Waals surface area contributed by atoms with Gasteiger partial charge in [0.25, 0.3) is 0 Å². The summed E-state index contributed by atoms with van der Waals surface area (Å²) < 4.78 is 22.6. The molecule has 2 saturated heterocycles. The van der Waals surface area contributed by atoms with Crippen LogP contribution in [-0.2, 0) is 38.1 Å². The van der Waals surface area contributed by atoms with E-state index in [4.69, 9.17) is 18.9 Å². The summed E-state index contributed by atoms with van der Waals surface area (Å²) in [6.07, 6.45) is -5.08. The highest BCUT2D eigenvalue weighted by molar-refractivity contribution is 5.95. The monoisotopic (exact) mass is 564 g/mol. The molecule has 12 nitrogen and oxygen atoms in total. The van der Waals surface area contributed by atoms with Crippen LogP contribution >= 0.6 is 0 Å². The van der Waals surface area contributed by atoms with Gasteiger partial charge < -0.3 is 39.4 Å². The van der Waals surface area contributed by atoms with Crippen LogP contribution in [0.2, 0.25) is 0 Å². The van der Waals surface area contributed by atoms with Gasteiger partial charge in [-0.2, -0.15) is 0 Å². The minimum atomic E-state index is -2.26. The van der Waals surface area contributed by atoms with Crippen LogP contribution in [0.3, 0.4) is 0 Å². The third kappa shape index (κ3) is 3.45. The van der Waals surface area contributed by atoms with Gasteiger partial charge in [-0.15, -0.1) is 0 Å². The SMILES string of the molecule is COC(=O)C12OC[C@]34[C@H]([C@@H](O)[C@@H]1O)[C@@]1(C)CC(=O)C(O)=C(C)[C@@H]1C[C@H]3OC(=O)[C@H](OC(=O)/C=C(\C)C(C)CO)[C@@H]24. The summed E-state index contributed by atoms with van der Waals surface area (Å²) in [5, 5.41) is 43.2. The van der Waals surface area contributed by atoms with E-state index >= 15 is 0 Å². The number of aliphatic hydroxyl groups excluding tert-OH is 4. The quantitative estimate of drug-likeness (QED) is 0.201. The number of aliphatic hydroxyl groups is 4. The van der Waals surface area contributed by atoms with Crippen LogP contribution in [0.1, 0.15) is 40.5 Å². The fraction of sp³-hybridized carbons (Fsp3) is 0.714. The Hall–Kier alpha value is -2.80. The van der Waals surface area contributed by atoms with E-state index < -0.39 is 82.3 Å². The van der Waals surface area contributed by atoms with Crippen molar-refractivity contribution in [2.24, 2.45) is 34.5 Å². The van der Waals surface area contributed by atoms with Crippen LogP contribution in [0, 0.1) is 34.5 Å². The van der Waals surface area contributed by atoms with Gasteiger partial charge in [-0.25, -0.2) is 14.4 Å². The van der Waals surface area contributed by atoms with E-state index in [-0.39, 0.29) is 37.7 Å². The van der Waals surface area contributed by atoms with E-state index in [0.29, 0.717) is 11.1 Å². The van der Waals surface area contributed by atoms with E-state index in [2.05, 4.69) is 0 Å². The first kappa shape index (κ1) is 28.7. The molecular formula is C28H36O12. The Bertz CT molecular complexity index is 1220. The number of ether oxygens (including phenoxy) is 4. The van der Waals surface area contributed by atoms with Crippen molar-refractivity contribution in [1.82, 2.24) is 0 Å². The van der Waals surface area contributed by atoms with Crippen molar-refractivity contribution in [3.63, 3.8) is 0 Å². The van der Waals surface area contributed by atoms with Crippen molar-refractivity contribution < 1.29 is 58.6 Å². The Kier molecular flexibility index (Phi) is 6.72. The molecule has 11 atom stereocenters. The summed E-state index contributed by atoms with van der Waals surface area (Å²) in [5.41, 5.74) is -3.77. The van der Waals surface area contributed by atoms with Crippen LogP contribution in [0.25, 0.3) is 0 Å². The second-order valence-corrected chi connectivity index (χ2v) is 12.3. The lowest BCUT2D eigenvalue weighted by atomic mass is 9.38. The number of ketones is 1. The maximum absolute atomic E-state index is 13.5. The third-order valence-corrected chi connectivity index (χ3v) is 10.5. The molecule has 4 fully saturated rings. The molecule has 0 aromatic heterocycles. The minimum absolute atomic E-state index is 0.148. The molecule has 1 spiro atoms. The smallest absolute Gasteiger partial charge is 0.348 e. The first-order chi connectivity index (χ1) is 18.7. The molecule has 220 valence electrons. The van der Waals surface area contributed by atoms with Crippen molar-refractivity contribution in [3.8, 4) is 0 Å². The average molecular weight is 565 g/mol. The van der Waals surface area contributed by atoms with Gasteiger partial charge in [0, 0.05) is 36.4 Å². The molecule has 0 aromatic carbocycles. The predicted molar refractivity (Wildman–Crippen MR) is 133 cm³/mol. The second kappa shape index (κ2) is 9.37. The first-order valence-electron chi connectivity index (χ1n) is 13.4. The van der Waals surface area contributed by atoms with Crippen molar-refractivity contribution in [2.45, 2.75) is 70.6 Å². The van der Waals surface area contributed by atoms with E-state index in [1.165, 1.54) is 0 Å². The fourth-order valence-electron chi connectivity index (χ4n) is 8.49. The summed E-state index contributed by atoms with van der Waals surface area (Å²) in [6, 6.07) is 0. The molecule has 40 heavy (non-hydrogen) atoms. The summed E-state index contributed by atoms with van der Waals surface area (Å²) >= 11 is 0. The van der Waals surface area contributed by atoms with Gasteiger partial charge in [0.05, 0.1) is 25.7 Å². The number of Topliss-reactive ketones (excluding diaryl/α,β-unsaturated/α-hetero) is 1. The molecule has 4 N–H and O–H groups in total. The highest BCUT2D eigenvalue weighted by atomic mass is 16.6. The molecule has 2 unspecified atom stereocenters. The number of rotatable bonds is 5. The third-order valence-electron chi connectivity index (χ3n) is 10.5. The Balaban J connectivity index is 1.68. The van der Waals surface area contributed by atoms with E-state index in [1.54, 1.807) is 27.7 Å². The highest BCUT2D eigenvalue weighted by Crippen LogP contribution is 2.72. The maximum Gasteiger partial charge on any atom is 0.348 e. The van der Waals surface area contributed by atoms with Gasteiger partial charge >= 0.3 is 17.9 Å². The molecule has 2 aliphatic heterocycles. The zero-order valence-electron chi connectivity index (χ0n) is 23.1. The van der Waals surface area contributed by atoms with Crippen LogP contribution in [-0.4, -0.2) is 94.5 Å². The number of carbonyl (C=O) groups is 4. The molecule has 5 rings (SSSR count). The minimum Gasteiger partial charge on any atom is -0.504 e. The van der Waals surface area contributed by atoms with Gasteiger partial charge in [0.15, 0.2) is 11.5 Å². The Morgan fingerprint density at radius 3 is 2.52 bits per heavy atom. The molecule has 0 aromatic rings. The number of allylic oxidation sites excluding steroid dienone is 2. The summed E-state index contributed by atoms with van der Waals surface area (Å²) in [4.78, 5) is 52.8.